The van der Waals surface area contributed by atoms with Gasteiger partial charge in [0.25, 0.3) is 0 Å². The number of aromatic nitrogens is 3. The van der Waals surface area contributed by atoms with Crippen molar-refractivity contribution >= 4 is 51.7 Å². The van der Waals surface area contributed by atoms with Crippen molar-refractivity contribution in [2.45, 2.75) is 6.54 Å². The minimum Gasteiger partial charge on any atom is -0.497 e. The predicted molar refractivity (Wildman–Crippen MR) is 130 cm³/mol. The summed E-state index contributed by atoms with van der Waals surface area (Å²) in [7, 11) is 1.61. The fraction of sp³-hybridized carbons (Fsp3) is 0.0833. The molecule has 0 saturated heterocycles. The number of pyridine rings is 1. The third kappa shape index (κ3) is 4.10. The van der Waals surface area contributed by atoms with Crippen molar-refractivity contribution in [2.75, 3.05) is 17.7 Å². The van der Waals surface area contributed by atoms with Gasteiger partial charge in [-0.15, -0.1) is 12.4 Å². The Morgan fingerprint density at radius 1 is 1.03 bits per heavy atom. The summed E-state index contributed by atoms with van der Waals surface area (Å²) in [5.74, 6) is 0.739. The Kier molecular flexibility index (Phi) is 6.00. The molecule has 8 heteroatoms. The highest BCUT2D eigenvalue weighted by molar-refractivity contribution is 6.05. The monoisotopic (exact) mass is 447 g/mol. The quantitative estimate of drug-likeness (QED) is 0.326. The maximum atomic E-state index is 12.5. The maximum Gasteiger partial charge on any atom is 0.323 e. The van der Waals surface area contributed by atoms with Crippen molar-refractivity contribution in [1.29, 1.82) is 0 Å². The highest BCUT2D eigenvalue weighted by atomic mass is 35.5. The number of anilines is 2. The molecule has 0 aliphatic rings. The van der Waals surface area contributed by atoms with E-state index in [4.69, 9.17) is 4.74 Å². The van der Waals surface area contributed by atoms with Gasteiger partial charge in [-0.25, -0.2) is 9.78 Å². The fourth-order valence-electron chi connectivity index (χ4n) is 3.76. The van der Waals surface area contributed by atoms with Crippen LogP contribution < -0.4 is 15.4 Å². The second-order valence-electron chi connectivity index (χ2n) is 7.20. The van der Waals surface area contributed by atoms with Crippen molar-refractivity contribution in [3.05, 3.63) is 84.8 Å². The number of hydrogen-bond donors (Lipinski definition) is 3. The molecule has 0 saturated carbocycles. The van der Waals surface area contributed by atoms with Crippen molar-refractivity contribution in [2.24, 2.45) is 0 Å². The SMILES string of the molecule is COc1ccc(NC(=O)Nc2cccc3c2ccn3Cc2c[nH]c3ncccc23)cc1.Cl. The number of rotatable bonds is 5. The Balaban J connectivity index is 0.00000245. The number of amides is 2. The lowest BCUT2D eigenvalue weighted by Gasteiger charge is -2.10. The van der Waals surface area contributed by atoms with Crippen molar-refractivity contribution in [1.82, 2.24) is 14.5 Å². The van der Waals surface area contributed by atoms with E-state index in [9.17, 15) is 4.79 Å². The Labute approximate surface area is 190 Å². The lowest BCUT2D eigenvalue weighted by Crippen LogP contribution is -2.19. The molecule has 3 N–H and O–H groups in total. The maximum absolute atomic E-state index is 12.5. The molecule has 162 valence electrons. The van der Waals surface area contributed by atoms with Crippen LogP contribution in [0.4, 0.5) is 16.2 Å². The van der Waals surface area contributed by atoms with Crippen LogP contribution in [-0.2, 0) is 6.54 Å². The smallest absolute Gasteiger partial charge is 0.323 e. The number of nitrogens with one attached hydrogen (secondary N) is 3. The third-order valence-corrected chi connectivity index (χ3v) is 5.29. The van der Waals surface area contributed by atoms with E-state index in [1.807, 2.05) is 36.7 Å². The summed E-state index contributed by atoms with van der Waals surface area (Å²) < 4.78 is 7.31. The van der Waals surface area contributed by atoms with Crippen LogP contribution in [0, 0.1) is 0 Å². The number of hydrogen-bond acceptors (Lipinski definition) is 3. The van der Waals surface area contributed by atoms with Crippen LogP contribution in [0.3, 0.4) is 0 Å². The molecule has 0 unspecified atom stereocenters. The molecule has 0 aliphatic carbocycles. The van der Waals surface area contributed by atoms with E-state index < -0.39 is 0 Å². The summed E-state index contributed by atoms with van der Waals surface area (Å²) >= 11 is 0. The number of ether oxygens (including phenoxy) is 1. The summed E-state index contributed by atoms with van der Waals surface area (Å²) in [6.07, 6.45) is 5.81. The third-order valence-electron chi connectivity index (χ3n) is 5.29. The first-order valence-electron chi connectivity index (χ1n) is 9.92. The molecule has 0 aliphatic heterocycles. The molecule has 0 radical (unpaired) electrons. The van der Waals surface area contributed by atoms with Crippen LogP contribution >= 0.6 is 12.4 Å². The first-order chi connectivity index (χ1) is 15.2. The van der Waals surface area contributed by atoms with E-state index in [0.717, 1.165) is 38.9 Å². The molecule has 0 spiro atoms. The number of urea groups is 1. The number of aromatic amines is 1. The number of carbonyl (C=O) groups is 1. The molecule has 32 heavy (non-hydrogen) atoms. The molecule has 0 atom stereocenters. The van der Waals surface area contributed by atoms with E-state index in [-0.39, 0.29) is 18.4 Å². The number of carbonyl (C=O) groups excluding carboxylic acids is 1. The van der Waals surface area contributed by atoms with Crippen LogP contribution in [0.15, 0.2) is 79.3 Å². The number of benzene rings is 2. The Morgan fingerprint density at radius 3 is 2.69 bits per heavy atom. The Morgan fingerprint density at radius 2 is 1.88 bits per heavy atom. The molecule has 7 nitrogen and oxygen atoms in total. The number of fused-ring (bicyclic) bond motifs is 2. The average molecular weight is 448 g/mol. The van der Waals surface area contributed by atoms with Gasteiger partial charge in [-0.2, -0.15) is 0 Å². The zero-order chi connectivity index (χ0) is 21.2. The highest BCUT2D eigenvalue weighted by Crippen LogP contribution is 2.27. The lowest BCUT2D eigenvalue weighted by atomic mass is 10.2. The minimum absolute atomic E-state index is 0. The standard InChI is InChI=1S/C24H21N5O2.ClH/c1-31-18-9-7-17(8-10-18)27-24(30)28-21-5-2-6-22-20(21)11-13-29(22)15-16-14-26-23-19(16)4-3-12-25-23;/h2-14H,15H2,1H3,(H,25,26)(H2,27,28,30);1H. The van der Waals surface area contributed by atoms with Gasteiger partial charge in [0.15, 0.2) is 0 Å². The van der Waals surface area contributed by atoms with E-state index in [0.29, 0.717) is 12.2 Å². The summed E-state index contributed by atoms with van der Waals surface area (Å²) in [5.41, 5.74) is 4.53. The van der Waals surface area contributed by atoms with Gasteiger partial charge in [-0.05, 0) is 60.2 Å². The molecule has 3 aromatic heterocycles. The zero-order valence-electron chi connectivity index (χ0n) is 17.3. The molecule has 2 aromatic carbocycles. The van der Waals surface area contributed by atoms with Crippen LogP contribution in [0.5, 0.6) is 5.75 Å². The van der Waals surface area contributed by atoms with E-state index in [1.54, 1.807) is 37.6 Å². The van der Waals surface area contributed by atoms with Gasteiger partial charge in [-0.3, -0.25) is 0 Å². The topological polar surface area (TPSA) is 84.0 Å². The van der Waals surface area contributed by atoms with Crippen LogP contribution in [0.25, 0.3) is 21.9 Å². The Hall–Kier alpha value is -3.97. The second kappa shape index (κ2) is 9.03. The predicted octanol–water partition coefficient (Wildman–Crippen LogP) is 5.64. The molecule has 0 fully saturated rings. The average Bonchev–Trinajstić information content (AvgIpc) is 3.40. The minimum atomic E-state index is -0.298. The lowest BCUT2D eigenvalue weighted by molar-refractivity contribution is 0.262. The summed E-state index contributed by atoms with van der Waals surface area (Å²) in [6.45, 7) is 0.705. The van der Waals surface area contributed by atoms with Gasteiger partial charge in [0.05, 0.1) is 18.3 Å². The molecule has 3 heterocycles. The van der Waals surface area contributed by atoms with Crippen molar-refractivity contribution in [3.63, 3.8) is 0 Å². The van der Waals surface area contributed by atoms with E-state index in [1.165, 1.54) is 0 Å². The molecule has 2 amide bonds. The van der Waals surface area contributed by atoms with Gasteiger partial charge in [0, 0.05) is 41.6 Å². The molecular formula is C24H22ClN5O2. The summed E-state index contributed by atoms with van der Waals surface area (Å²) in [6, 6.07) is 18.8. The van der Waals surface area contributed by atoms with Gasteiger partial charge in [0.1, 0.15) is 11.4 Å². The molecular weight excluding hydrogens is 426 g/mol. The largest absolute Gasteiger partial charge is 0.497 e. The number of H-pyrrole nitrogens is 1. The van der Waals surface area contributed by atoms with E-state index >= 15 is 0 Å². The van der Waals surface area contributed by atoms with Gasteiger partial charge >= 0.3 is 6.03 Å². The second-order valence-corrected chi connectivity index (χ2v) is 7.20. The van der Waals surface area contributed by atoms with Gasteiger partial charge < -0.3 is 24.9 Å². The Bertz CT molecular complexity index is 1370. The summed E-state index contributed by atoms with van der Waals surface area (Å²) in [5, 5.41) is 7.89. The van der Waals surface area contributed by atoms with Crippen molar-refractivity contribution in [3.8, 4) is 5.75 Å². The first kappa shape index (κ1) is 21.3. The molecule has 5 aromatic rings. The van der Waals surface area contributed by atoms with Crippen molar-refractivity contribution < 1.29 is 9.53 Å². The number of methoxy groups -OCH3 is 1. The van der Waals surface area contributed by atoms with Crippen LogP contribution in [0.1, 0.15) is 5.56 Å². The zero-order valence-corrected chi connectivity index (χ0v) is 18.1. The first-order valence-corrected chi connectivity index (χ1v) is 9.92. The number of halogens is 1. The van der Waals surface area contributed by atoms with E-state index in [2.05, 4.69) is 37.3 Å². The fourth-order valence-corrected chi connectivity index (χ4v) is 3.76. The van der Waals surface area contributed by atoms with Gasteiger partial charge in [0.2, 0.25) is 0 Å². The summed E-state index contributed by atoms with van der Waals surface area (Å²) in [4.78, 5) is 20.1. The van der Waals surface area contributed by atoms with Crippen LogP contribution in [-0.4, -0.2) is 27.7 Å². The van der Waals surface area contributed by atoms with Gasteiger partial charge in [-0.1, -0.05) is 6.07 Å². The number of nitrogens with zero attached hydrogens (tertiary/aromatic N) is 2. The molecule has 5 rings (SSSR count). The normalized spacial score (nSPS) is 10.7. The molecule has 0 bridgehead atoms. The van der Waals surface area contributed by atoms with Crippen LogP contribution in [0.2, 0.25) is 0 Å². The highest BCUT2D eigenvalue weighted by Gasteiger charge is 2.11.